The van der Waals surface area contributed by atoms with Crippen molar-refractivity contribution in [1.29, 1.82) is 0 Å². The maximum Gasteiger partial charge on any atom is 0.235 e. The number of carbonyl (C=O) groups excluding carboxylic acids is 1. The Morgan fingerprint density at radius 3 is 2.81 bits per heavy atom. The molecule has 3 aromatic rings. The number of carbonyl (C=O) groups is 1. The Labute approximate surface area is 211 Å². The van der Waals surface area contributed by atoms with Crippen LogP contribution >= 0.6 is 0 Å². The van der Waals surface area contributed by atoms with E-state index in [9.17, 15) is 13.6 Å². The number of hydrogen-bond acceptors (Lipinski definition) is 6. The molecule has 2 aromatic heterocycles. The van der Waals surface area contributed by atoms with Crippen LogP contribution in [0.25, 0.3) is 11.1 Å². The number of aromatic nitrogens is 2. The zero-order valence-electron chi connectivity index (χ0n) is 19.9. The minimum Gasteiger partial charge on any atom is -0.485 e. The third kappa shape index (κ3) is 4.47. The summed E-state index contributed by atoms with van der Waals surface area (Å²) in [6.45, 7) is 3.11. The Hall–Kier alpha value is -3.34. The van der Waals surface area contributed by atoms with E-state index >= 15 is 0 Å². The van der Waals surface area contributed by atoms with Gasteiger partial charge >= 0.3 is 0 Å². The van der Waals surface area contributed by atoms with Gasteiger partial charge in [0, 0.05) is 66.4 Å². The van der Waals surface area contributed by atoms with Crippen LogP contribution in [0, 0.1) is 0 Å². The van der Waals surface area contributed by atoms with Crippen LogP contribution in [0.3, 0.4) is 0 Å². The van der Waals surface area contributed by atoms with Gasteiger partial charge in [-0.05, 0) is 56.0 Å². The number of pyridine rings is 2. The van der Waals surface area contributed by atoms with E-state index in [2.05, 4.69) is 15.3 Å². The molecule has 1 saturated heterocycles. The fourth-order valence-corrected chi connectivity index (χ4v) is 5.64. The van der Waals surface area contributed by atoms with E-state index in [0.29, 0.717) is 18.8 Å². The van der Waals surface area contributed by atoms with Crippen molar-refractivity contribution in [3.63, 3.8) is 0 Å². The highest BCUT2D eigenvalue weighted by Gasteiger charge is 2.32. The first-order valence-corrected chi connectivity index (χ1v) is 13.2. The zero-order valence-corrected chi connectivity index (χ0v) is 20.7. The fourth-order valence-electron chi connectivity index (χ4n) is 4.92. The van der Waals surface area contributed by atoms with Crippen molar-refractivity contribution < 1.29 is 18.3 Å². The van der Waals surface area contributed by atoms with Gasteiger partial charge in [-0.3, -0.25) is 14.3 Å². The predicted octanol–water partition coefficient (Wildman–Crippen LogP) is 4.57. The van der Waals surface area contributed by atoms with Gasteiger partial charge in [0.15, 0.2) is 0 Å². The molecule has 4 heterocycles. The molecule has 10 heteroatoms. The number of anilines is 3. The second-order valence-corrected chi connectivity index (χ2v) is 10.4. The maximum atomic E-state index is 12.2. The van der Waals surface area contributed by atoms with Crippen LogP contribution in [0.4, 0.5) is 17.2 Å². The van der Waals surface area contributed by atoms with Crippen molar-refractivity contribution in [2.24, 2.45) is 0 Å². The topological polar surface area (TPSA) is 108 Å². The molecule has 36 heavy (non-hydrogen) atoms. The molecule has 1 aliphatic carbocycles. The number of rotatable bonds is 7. The Morgan fingerprint density at radius 1 is 1.19 bits per heavy atom. The third-order valence-corrected chi connectivity index (χ3v) is 7.71. The molecule has 1 aromatic carbocycles. The Kier molecular flexibility index (Phi) is 5.94. The Morgan fingerprint density at radius 2 is 2.06 bits per heavy atom. The van der Waals surface area contributed by atoms with Crippen molar-refractivity contribution >= 4 is 34.4 Å². The molecule has 2 atom stereocenters. The number of fused-ring (bicyclic) bond motifs is 3. The average Bonchev–Trinajstić information content (AvgIpc) is 3.62. The molecule has 2 aliphatic heterocycles. The molecule has 3 aliphatic rings. The van der Waals surface area contributed by atoms with E-state index < -0.39 is 11.3 Å². The summed E-state index contributed by atoms with van der Waals surface area (Å²) >= 11 is -2.00. The number of nitrogens with zero attached hydrogens (tertiary/aromatic N) is 4. The van der Waals surface area contributed by atoms with E-state index in [1.807, 2.05) is 48.4 Å². The van der Waals surface area contributed by atoms with Gasteiger partial charge in [0.05, 0.1) is 11.9 Å². The monoisotopic (exact) mass is 505 g/mol. The molecule has 2 N–H and O–H groups in total. The van der Waals surface area contributed by atoms with Gasteiger partial charge in [-0.1, -0.05) is 0 Å². The van der Waals surface area contributed by atoms with Gasteiger partial charge in [0.25, 0.3) is 0 Å². The zero-order chi connectivity index (χ0) is 24.8. The molecule has 0 bridgehead atoms. The number of nitrogens with one attached hydrogen (secondary N) is 1. The maximum absolute atomic E-state index is 12.2. The highest BCUT2D eigenvalue weighted by molar-refractivity contribution is 7.76. The van der Waals surface area contributed by atoms with E-state index in [1.54, 1.807) is 16.7 Å². The van der Waals surface area contributed by atoms with E-state index in [0.717, 1.165) is 65.2 Å². The molecule has 0 radical (unpaired) electrons. The van der Waals surface area contributed by atoms with Gasteiger partial charge in [0.1, 0.15) is 17.7 Å². The molecular weight excluding hydrogens is 478 g/mol. The summed E-state index contributed by atoms with van der Waals surface area (Å²) in [5.74, 6) is 1.57. The van der Waals surface area contributed by atoms with Gasteiger partial charge in [-0.25, -0.2) is 9.19 Å². The van der Waals surface area contributed by atoms with Crippen LogP contribution in [0.5, 0.6) is 5.75 Å². The Balaban J connectivity index is 1.23. The van der Waals surface area contributed by atoms with Crippen molar-refractivity contribution in [3.05, 3.63) is 60.0 Å². The first-order valence-electron chi connectivity index (χ1n) is 12.2. The van der Waals surface area contributed by atoms with Crippen LogP contribution < -0.4 is 15.0 Å². The van der Waals surface area contributed by atoms with Gasteiger partial charge in [-0.15, -0.1) is 0 Å². The lowest BCUT2D eigenvalue weighted by molar-refractivity contribution is -0.117. The summed E-state index contributed by atoms with van der Waals surface area (Å²) in [4.78, 5) is 22.9. The fraction of sp³-hybridized carbons (Fsp3) is 0.346. The lowest BCUT2D eigenvalue weighted by atomic mass is 9.94. The van der Waals surface area contributed by atoms with Crippen LogP contribution in [-0.2, 0) is 22.6 Å². The van der Waals surface area contributed by atoms with Crippen LogP contribution in [0.15, 0.2) is 48.9 Å². The molecule has 6 rings (SSSR count). The first kappa shape index (κ1) is 23.1. The minimum atomic E-state index is -2.00. The summed E-state index contributed by atoms with van der Waals surface area (Å²) in [6, 6.07) is 9.98. The van der Waals surface area contributed by atoms with Crippen LogP contribution in [0.2, 0.25) is 0 Å². The van der Waals surface area contributed by atoms with Gasteiger partial charge in [-0.2, -0.15) is 4.31 Å². The first-order chi connectivity index (χ1) is 17.5. The predicted molar refractivity (Wildman–Crippen MR) is 137 cm³/mol. The summed E-state index contributed by atoms with van der Waals surface area (Å²) < 4.78 is 29.1. The van der Waals surface area contributed by atoms with E-state index in [1.165, 1.54) is 0 Å². The smallest absolute Gasteiger partial charge is 0.235 e. The van der Waals surface area contributed by atoms with Crippen molar-refractivity contribution in [1.82, 2.24) is 14.3 Å². The summed E-state index contributed by atoms with van der Waals surface area (Å²) in [5, 5.41) is 3.31. The van der Waals surface area contributed by atoms with E-state index in [-0.39, 0.29) is 18.1 Å². The SMILES string of the molecule is CC1Oc2cc(N3CCCC3=O)ccc2-c2cnc(Nc3cncc(CN(C4CC4)S(=O)O)c3)cc21. The lowest BCUT2D eigenvalue weighted by Crippen LogP contribution is -2.27. The molecule has 1 amide bonds. The average molecular weight is 506 g/mol. The number of amides is 1. The van der Waals surface area contributed by atoms with Crippen molar-refractivity contribution in [3.8, 4) is 16.9 Å². The molecule has 2 unspecified atom stereocenters. The van der Waals surface area contributed by atoms with Crippen molar-refractivity contribution in [2.45, 2.75) is 51.3 Å². The standard InChI is InChI=1S/C26H27N5O4S/c1-16-22-11-25(29-18-9-17(12-27-13-18)15-31(36(33)34)19-4-5-19)28-14-23(22)21-7-6-20(10-24(21)35-16)30-8-2-3-26(30)32/h6-7,9-14,16,19H,2-5,8,15H2,1H3,(H,28,29)(H,33,34). The summed E-state index contributed by atoms with van der Waals surface area (Å²) in [7, 11) is 0. The van der Waals surface area contributed by atoms with Crippen LogP contribution in [0.1, 0.15) is 49.8 Å². The number of benzene rings is 1. The summed E-state index contributed by atoms with van der Waals surface area (Å²) in [5.41, 5.74) is 5.46. The number of ether oxygens (including phenoxy) is 1. The molecule has 2 fully saturated rings. The third-order valence-electron chi connectivity index (χ3n) is 6.88. The van der Waals surface area contributed by atoms with Crippen LogP contribution in [-0.4, -0.2) is 41.5 Å². The molecule has 9 nitrogen and oxygen atoms in total. The minimum absolute atomic E-state index is 0.153. The molecule has 1 saturated carbocycles. The highest BCUT2D eigenvalue weighted by Crippen LogP contribution is 2.44. The van der Waals surface area contributed by atoms with Gasteiger partial charge in [0.2, 0.25) is 17.2 Å². The quantitative estimate of drug-likeness (QED) is 0.453. The summed E-state index contributed by atoms with van der Waals surface area (Å²) in [6.07, 6.45) is 8.44. The van der Waals surface area contributed by atoms with E-state index in [4.69, 9.17) is 4.74 Å². The lowest BCUT2D eigenvalue weighted by Gasteiger charge is -2.28. The Bertz CT molecular complexity index is 1360. The highest BCUT2D eigenvalue weighted by atomic mass is 32.2. The number of hydrogen-bond donors (Lipinski definition) is 2. The second-order valence-electron chi connectivity index (χ2n) is 9.49. The van der Waals surface area contributed by atoms with Crippen molar-refractivity contribution in [2.75, 3.05) is 16.8 Å². The second kappa shape index (κ2) is 9.27. The molecular formula is C26H27N5O4S. The van der Waals surface area contributed by atoms with Gasteiger partial charge < -0.3 is 15.0 Å². The molecule has 0 spiro atoms. The normalized spacial score (nSPS) is 19.6. The molecule has 186 valence electrons. The largest absolute Gasteiger partial charge is 0.485 e.